The molecule has 17 heavy (non-hydrogen) atoms. The molecule has 0 aliphatic rings. The maximum atomic E-state index is 12.0. The van der Waals surface area contributed by atoms with E-state index in [0.29, 0.717) is 13.0 Å². The highest BCUT2D eigenvalue weighted by Crippen LogP contribution is 2.23. The van der Waals surface area contributed by atoms with Gasteiger partial charge in [-0.05, 0) is 12.2 Å². The first kappa shape index (κ1) is 15.6. The largest absolute Gasteiger partial charge is 0.573 e. The van der Waals surface area contributed by atoms with Gasteiger partial charge in [0.2, 0.25) is 0 Å². The maximum absolute atomic E-state index is 12.0. The third-order valence-corrected chi connectivity index (χ3v) is 1.59. The van der Waals surface area contributed by atoms with E-state index in [4.69, 9.17) is 9.47 Å². The highest BCUT2D eigenvalue weighted by atomic mass is 19.4. The van der Waals surface area contributed by atoms with E-state index in [-0.39, 0.29) is 12.4 Å². The average Bonchev–Trinajstić information content (AvgIpc) is 2.25. The Hall–Kier alpha value is -1.43. The van der Waals surface area contributed by atoms with Gasteiger partial charge in [0.05, 0.1) is 6.61 Å². The molecule has 0 radical (unpaired) electrons. The molecule has 0 bridgehead atoms. The lowest BCUT2D eigenvalue weighted by Gasteiger charge is -2.13. The molecule has 0 aliphatic heterocycles. The van der Waals surface area contributed by atoms with E-state index in [1.807, 2.05) is 0 Å². The van der Waals surface area contributed by atoms with E-state index in [1.54, 1.807) is 0 Å². The van der Waals surface area contributed by atoms with Crippen LogP contribution in [-0.4, -0.2) is 26.7 Å². The van der Waals surface area contributed by atoms with Crippen LogP contribution < -0.4 is 0 Å². The van der Waals surface area contributed by atoms with Crippen LogP contribution in [-0.2, 0) is 14.2 Å². The summed E-state index contributed by atoms with van der Waals surface area (Å²) >= 11 is 0. The Morgan fingerprint density at radius 1 is 1.12 bits per heavy atom. The van der Waals surface area contributed by atoms with Gasteiger partial charge in [0, 0.05) is 20.1 Å². The minimum Gasteiger partial charge on any atom is -0.490 e. The summed E-state index contributed by atoms with van der Waals surface area (Å²) in [6, 6.07) is 0. The average molecular weight is 252 g/mol. The zero-order valence-corrected chi connectivity index (χ0v) is 9.55. The number of methoxy groups -OCH3 is 1. The molecular formula is C11H15F3O3. The van der Waals surface area contributed by atoms with Gasteiger partial charge in [-0.15, -0.1) is 13.2 Å². The molecule has 0 heterocycles. The second-order valence-corrected chi connectivity index (χ2v) is 2.88. The second-order valence-electron chi connectivity index (χ2n) is 2.88. The fourth-order valence-electron chi connectivity index (χ4n) is 0.933. The minimum atomic E-state index is -4.78. The fraction of sp³-hybridized carbons (Fsp3) is 0.455. The lowest BCUT2D eigenvalue weighted by molar-refractivity contribution is -0.304. The van der Waals surface area contributed by atoms with Crippen LogP contribution in [0.2, 0.25) is 0 Å². The Kier molecular flexibility index (Phi) is 7.13. The number of rotatable bonds is 8. The Bertz CT molecular complexity index is 282. The third kappa shape index (κ3) is 7.46. The zero-order valence-electron chi connectivity index (χ0n) is 9.55. The number of alkyl halides is 3. The van der Waals surface area contributed by atoms with Crippen molar-refractivity contribution < 1.29 is 27.4 Å². The zero-order chi connectivity index (χ0) is 13.3. The van der Waals surface area contributed by atoms with Crippen LogP contribution in [0.25, 0.3) is 0 Å². The molecule has 0 aliphatic carbocycles. The molecule has 0 unspecified atom stereocenters. The molecule has 0 amide bonds. The van der Waals surface area contributed by atoms with Gasteiger partial charge < -0.3 is 14.2 Å². The molecule has 0 saturated carbocycles. The Balaban J connectivity index is 4.52. The van der Waals surface area contributed by atoms with Gasteiger partial charge in [-0.3, -0.25) is 0 Å². The van der Waals surface area contributed by atoms with E-state index in [2.05, 4.69) is 17.9 Å². The molecule has 98 valence electrons. The first-order valence-corrected chi connectivity index (χ1v) is 4.81. The summed E-state index contributed by atoms with van der Waals surface area (Å²) in [5.41, 5.74) is 0. The van der Waals surface area contributed by atoms with Crippen LogP contribution in [0.3, 0.4) is 0 Å². The van der Waals surface area contributed by atoms with Crippen molar-refractivity contribution >= 4 is 0 Å². The van der Waals surface area contributed by atoms with Crippen LogP contribution >= 0.6 is 0 Å². The van der Waals surface area contributed by atoms with Gasteiger partial charge in [0.25, 0.3) is 0 Å². The van der Waals surface area contributed by atoms with Crippen LogP contribution in [0.4, 0.5) is 13.2 Å². The molecule has 0 saturated heterocycles. The summed E-state index contributed by atoms with van der Waals surface area (Å²) in [6.45, 7) is 7.23. The Morgan fingerprint density at radius 2 is 1.71 bits per heavy atom. The summed E-state index contributed by atoms with van der Waals surface area (Å²) in [7, 11) is 1.52. The normalized spacial score (nSPS) is 12.7. The summed E-state index contributed by atoms with van der Waals surface area (Å²) in [6.07, 6.45) is -2.19. The van der Waals surface area contributed by atoms with Crippen molar-refractivity contribution in [3.8, 4) is 0 Å². The number of hydrogen-bond donors (Lipinski definition) is 0. The molecular weight excluding hydrogens is 237 g/mol. The molecule has 0 aromatic carbocycles. The number of allylic oxidation sites excluding steroid dienone is 2. The van der Waals surface area contributed by atoms with Crippen molar-refractivity contribution in [3.63, 3.8) is 0 Å². The van der Waals surface area contributed by atoms with E-state index in [0.717, 1.165) is 12.2 Å². The SMILES string of the molecule is C=C/C(OCCCOC)=C(\C=C)OC(F)(F)F. The van der Waals surface area contributed by atoms with Gasteiger partial charge in [0.15, 0.2) is 11.5 Å². The van der Waals surface area contributed by atoms with Gasteiger partial charge in [-0.25, -0.2) is 0 Å². The topological polar surface area (TPSA) is 27.7 Å². The first-order valence-electron chi connectivity index (χ1n) is 4.81. The van der Waals surface area contributed by atoms with Crippen LogP contribution in [0.15, 0.2) is 36.8 Å². The van der Waals surface area contributed by atoms with Crippen molar-refractivity contribution in [3.05, 3.63) is 36.8 Å². The van der Waals surface area contributed by atoms with Gasteiger partial charge in [0.1, 0.15) is 0 Å². The summed E-state index contributed by atoms with van der Waals surface area (Å²) in [5, 5.41) is 0. The number of ether oxygens (including phenoxy) is 3. The summed E-state index contributed by atoms with van der Waals surface area (Å²) < 4.78 is 49.6. The molecule has 6 heteroatoms. The van der Waals surface area contributed by atoms with Gasteiger partial charge in [-0.2, -0.15) is 0 Å². The highest BCUT2D eigenvalue weighted by molar-refractivity contribution is 5.22. The van der Waals surface area contributed by atoms with Crippen LogP contribution in [0.5, 0.6) is 0 Å². The molecule has 3 nitrogen and oxygen atoms in total. The fourth-order valence-corrected chi connectivity index (χ4v) is 0.933. The number of hydrogen-bond acceptors (Lipinski definition) is 3. The molecule has 0 aromatic heterocycles. The summed E-state index contributed by atoms with van der Waals surface area (Å²) in [4.78, 5) is 0. The molecule has 0 aromatic rings. The lowest BCUT2D eigenvalue weighted by Crippen LogP contribution is -2.14. The monoisotopic (exact) mass is 252 g/mol. The van der Waals surface area contributed by atoms with Crippen molar-refractivity contribution in [1.82, 2.24) is 0 Å². The lowest BCUT2D eigenvalue weighted by atomic mass is 10.3. The predicted molar refractivity (Wildman–Crippen MR) is 57.0 cm³/mol. The first-order chi connectivity index (χ1) is 7.94. The van der Waals surface area contributed by atoms with E-state index >= 15 is 0 Å². The standard InChI is InChI=1S/C11H15F3O3/c1-4-9(16-8-6-7-15-3)10(5-2)17-11(12,13)14/h4-5H,1-2,6-8H2,3H3/b10-9-. The highest BCUT2D eigenvalue weighted by Gasteiger charge is 2.32. The van der Waals surface area contributed by atoms with E-state index < -0.39 is 12.1 Å². The Labute approximate surface area is 98.2 Å². The molecule has 0 N–H and O–H groups in total. The smallest absolute Gasteiger partial charge is 0.490 e. The van der Waals surface area contributed by atoms with Crippen LogP contribution in [0, 0.1) is 0 Å². The quantitative estimate of drug-likeness (QED) is 0.377. The van der Waals surface area contributed by atoms with E-state index in [9.17, 15) is 13.2 Å². The van der Waals surface area contributed by atoms with Crippen molar-refractivity contribution in [2.75, 3.05) is 20.3 Å². The maximum Gasteiger partial charge on any atom is 0.573 e. The molecule has 0 rings (SSSR count). The summed E-state index contributed by atoms with van der Waals surface area (Å²) in [5.74, 6) is -0.613. The predicted octanol–water partition coefficient (Wildman–Crippen LogP) is 3.16. The molecule has 0 fully saturated rings. The molecule has 0 spiro atoms. The van der Waals surface area contributed by atoms with Crippen molar-refractivity contribution in [2.24, 2.45) is 0 Å². The second kappa shape index (κ2) is 7.78. The van der Waals surface area contributed by atoms with E-state index in [1.165, 1.54) is 7.11 Å². The molecule has 0 atom stereocenters. The van der Waals surface area contributed by atoms with Gasteiger partial charge in [-0.1, -0.05) is 13.2 Å². The van der Waals surface area contributed by atoms with Crippen molar-refractivity contribution in [2.45, 2.75) is 12.8 Å². The third-order valence-electron chi connectivity index (χ3n) is 1.59. The van der Waals surface area contributed by atoms with Gasteiger partial charge >= 0.3 is 6.36 Å². The minimum absolute atomic E-state index is 0.103. The Morgan fingerprint density at radius 3 is 2.12 bits per heavy atom. The van der Waals surface area contributed by atoms with Crippen molar-refractivity contribution in [1.29, 1.82) is 0 Å². The van der Waals surface area contributed by atoms with Crippen LogP contribution in [0.1, 0.15) is 6.42 Å². The number of halogens is 3.